The number of nitrogens with one attached hydrogen (secondary N) is 1. The molecular formula is C24H28N2O4. The molecule has 6 nitrogen and oxygen atoms in total. The Morgan fingerprint density at radius 1 is 0.967 bits per heavy atom. The lowest BCUT2D eigenvalue weighted by molar-refractivity contribution is -0.136. The van der Waals surface area contributed by atoms with Gasteiger partial charge in [-0.05, 0) is 57.0 Å². The quantitative estimate of drug-likeness (QED) is 0.620. The monoisotopic (exact) mass is 408 g/mol. The van der Waals surface area contributed by atoms with Gasteiger partial charge in [-0.15, -0.1) is 0 Å². The first-order valence-corrected chi connectivity index (χ1v) is 10.3. The molecule has 0 unspecified atom stereocenters. The first-order valence-electron chi connectivity index (χ1n) is 10.3. The summed E-state index contributed by atoms with van der Waals surface area (Å²) in [7, 11) is 0. The molecule has 0 saturated carbocycles. The summed E-state index contributed by atoms with van der Waals surface area (Å²) in [6, 6.07) is 14.6. The molecule has 0 spiro atoms. The maximum absolute atomic E-state index is 13.1. The average molecular weight is 408 g/mol. The highest BCUT2D eigenvalue weighted by Crippen LogP contribution is 2.34. The minimum Gasteiger partial charge on any atom is -0.492 e. The second-order valence-electron chi connectivity index (χ2n) is 7.26. The molecule has 0 fully saturated rings. The van der Waals surface area contributed by atoms with Crippen LogP contribution < -0.4 is 14.8 Å². The Bertz CT molecular complexity index is 948. The van der Waals surface area contributed by atoms with Crippen molar-refractivity contribution in [1.29, 1.82) is 0 Å². The second-order valence-corrected chi connectivity index (χ2v) is 7.26. The van der Waals surface area contributed by atoms with Crippen LogP contribution >= 0.6 is 0 Å². The smallest absolute Gasteiger partial charge is 0.278 e. The van der Waals surface area contributed by atoms with Gasteiger partial charge in [-0.3, -0.25) is 14.5 Å². The summed E-state index contributed by atoms with van der Waals surface area (Å²) in [5.74, 6) is 0.718. The Morgan fingerprint density at radius 3 is 2.30 bits per heavy atom. The lowest BCUT2D eigenvalue weighted by atomic mass is 10.0. The van der Waals surface area contributed by atoms with E-state index < -0.39 is 0 Å². The third-order valence-corrected chi connectivity index (χ3v) is 4.58. The number of hydrogen-bond donors (Lipinski definition) is 1. The average Bonchev–Trinajstić information content (AvgIpc) is 2.94. The van der Waals surface area contributed by atoms with Gasteiger partial charge in [0, 0.05) is 6.54 Å². The Hall–Kier alpha value is -3.28. The minimum absolute atomic E-state index is 0.0529. The molecule has 1 N–H and O–H groups in total. The van der Waals surface area contributed by atoms with Crippen LogP contribution in [0.5, 0.6) is 11.5 Å². The van der Waals surface area contributed by atoms with Crippen LogP contribution in [0.3, 0.4) is 0 Å². The molecule has 0 saturated heterocycles. The van der Waals surface area contributed by atoms with Gasteiger partial charge in [0.1, 0.15) is 17.2 Å². The number of amides is 2. The Balaban J connectivity index is 2.03. The highest BCUT2D eigenvalue weighted by atomic mass is 16.5. The van der Waals surface area contributed by atoms with E-state index in [4.69, 9.17) is 9.47 Å². The third kappa shape index (κ3) is 4.48. The van der Waals surface area contributed by atoms with Gasteiger partial charge < -0.3 is 14.8 Å². The van der Waals surface area contributed by atoms with E-state index in [1.165, 1.54) is 4.90 Å². The van der Waals surface area contributed by atoms with Gasteiger partial charge in [-0.1, -0.05) is 31.2 Å². The molecule has 30 heavy (non-hydrogen) atoms. The van der Waals surface area contributed by atoms with E-state index in [2.05, 4.69) is 5.32 Å². The Kier molecular flexibility index (Phi) is 6.77. The standard InChI is InChI=1S/C24H28N2O4/c1-5-15-26-23(27)21(17-11-13-18(14-12-17)30-16(3)4)22(24(26)28)25-19-9-7-8-10-20(19)29-6-2/h7-14,16,25H,5-6,15H2,1-4H3. The number of benzene rings is 2. The van der Waals surface area contributed by atoms with Crippen molar-refractivity contribution >= 4 is 23.1 Å². The fourth-order valence-electron chi connectivity index (χ4n) is 3.34. The number of carbonyl (C=O) groups excluding carboxylic acids is 2. The van der Waals surface area contributed by atoms with Crippen molar-refractivity contribution in [3.05, 3.63) is 59.8 Å². The van der Waals surface area contributed by atoms with Gasteiger partial charge in [-0.2, -0.15) is 0 Å². The normalized spacial score (nSPS) is 14.0. The molecule has 1 heterocycles. The zero-order valence-electron chi connectivity index (χ0n) is 17.9. The predicted molar refractivity (Wildman–Crippen MR) is 117 cm³/mol. The van der Waals surface area contributed by atoms with Crippen molar-refractivity contribution < 1.29 is 19.1 Å². The molecule has 1 aliphatic heterocycles. The number of nitrogens with zero attached hydrogens (tertiary/aromatic N) is 1. The van der Waals surface area contributed by atoms with Crippen LogP contribution in [0.1, 0.15) is 39.7 Å². The van der Waals surface area contributed by atoms with E-state index in [1.54, 1.807) is 0 Å². The molecule has 2 amide bonds. The van der Waals surface area contributed by atoms with Crippen molar-refractivity contribution in [3.8, 4) is 11.5 Å². The van der Waals surface area contributed by atoms with E-state index in [1.807, 2.05) is 76.2 Å². The maximum Gasteiger partial charge on any atom is 0.278 e. The minimum atomic E-state index is -0.328. The van der Waals surface area contributed by atoms with Crippen molar-refractivity contribution in [2.24, 2.45) is 0 Å². The molecule has 6 heteroatoms. The van der Waals surface area contributed by atoms with E-state index in [9.17, 15) is 9.59 Å². The van der Waals surface area contributed by atoms with Crippen LogP contribution in [0.25, 0.3) is 5.57 Å². The summed E-state index contributed by atoms with van der Waals surface area (Å²) in [5, 5.41) is 3.17. The SMILES string of the molecule is CCCN1C(=O)C(Nc2ccccc2OCC)=C(c2ccc(OC(C)C)cc2)C1=O. The fourth-order valence-corrected chi connectivity index (χ4v) is 3.34. The van der Waals surface area contributed by atoms with Gasteiger partial charge in [0.25, 0.3) is 11.8 Å². The number of rotatable bonds is 9. The largest absolute Gasteiger partial charge is 0.492 e. The molecular weight excluding hydrogens is 380 g/mol. The molecule has 0 aromatic heterocycles. The number of hydrogen-bond acceptors (Lipinski definition) is 5. The number of anilines is 1. The fraction of sp³-hybridized carbons (Fsp3) is 0.333. The summed E-state index contributed by atoms with van der Waals surface area (Å²) >= 11 is 0. The van der Waals surface area contributed by atoms with E-state index in [-0.39, 0.29) is 23.6 Å². The Labute approximate surface area is 177 Å². The van der Waals surface area contributed by atoms with Gasteiger partial charge in [0.15, 0.2) is 0 Å². The van der Waals surface area contributed by atoms with Crippen LogP contribution in [-0.4, -0.2) is 36.0 Å². The lowest BCUT2D eigenvalue weighted by Crippen LogP contribution is -2.33. The first kappa shape index (κ1) is 21.4. The van der Waals surface area contributed by atoms with E-state index >= 15 is 0 Å². The topological polar surface area (TPSA) is 67.9 Å². The first-order chi connectivity index (χ1) is 14.5. The number of ether oxygens (including phenoxy) is 2. The van der Waals surface area contributed by atoms with Crippen molar-refractivity contribution in [3.63, 3.8) is 0 Å². The summed E-state index contributed by atoms with van der Waals surface area (Å²) in [4.78, 5) is 27.5. The zero-order chi connectivity index (χ0) is 21.7. The number of para-hydroxylation sites is 2. The molecule has 3 rings (SSSR count). The number of carbonyl (C=O) groups is 2. The molecule has 2 aromatic carbocycles. The van der Waals surface area contributed by atoms with Gasteiger partial charge in [-0.25, -0.2) is 0 Å². The van der Waals surface area contributed by atoms with Crippen LogP contribution in [0.15, 0.2) is 54.2 Å². The lowest BCUT2D eigenvalue weighted by Gasteiger charge is -2.15. The molecule has 0 atom stereocenters. The maximum atomic E-state index is 13.1. The van der Waals surface area contributed by atoms with Gasteiger partial charge >= 0.3 is 0 Å². The van der Waals surface area contributed by atoms with Crippen molar-refractivity contribution in [2.75, 3.05) is 18.5 Å². The highest BCUT2D eigenvalue weighted by molar-refractivity contribution is 6.36. The van der Waals surface area contributed by atoms with E-state index in [0.29, 0.717) is 47.9 Å². The van der Waals surface area contributed by atoms with Crippen LogP contribution in [0.4, 0.5) is 5.69 Å². The van der Waals surface area contributed by atoms with Crippen LogP contribution in [0, 0.1) is 0 Å². The summed E-state index contributed by atoms with van der Waals surface area (Å²) in [6.07, 6.45) is 0.742. The van der Waals surface area contributed by atoms with Crippen molar-refractivity contribution in [2.45, 2.75) is 40.2 Å². The van der Waals surface area contributed by atoms with Gasteiger partial charge in [0.05, 0.1) is 24.0 Å². The molecule has 158 valence electrons. The van der Waals surface area contributed by atoms with E-state index in [0.717, 1.165) is 0 Å². The molecule has 0 bridgehead atoms. The number of imide groups is 1. The Morgan fingerprint density at radius 2 is 1.67 bits per heavy atom. The summed E-state index contributed by atoms with van der Waals surface area (Å²) in [6.45, 7) is 8.61. The van der Waals surface area contributed by atoms with Gasteiger partial charge in [0.2, 0.25) is 0 Å². The summed E-state index contributed by atoms with van der Waals surface area (Å²) in [5.41, 5.74) is 1.93. The van der Waals surface area contributed by atoms with Crippen LogP contribution in [-0.2, 0) is 9.59 Å². The molecule has 2 aromatic rings. The summed E-state index contributed by atoms with van der Waals surface area (Å²) < 4.78 is 11.4. The third-order valence-electron chi connectivity index (χ3n) is 4.58. The van der Waals surface area contributed by atoms with Crippen molar-refractivity contribution in [1.82, 2.24) is 4.90 Å². The highest BCUT2D eigenvalue weighted by Gasteiger charge is 2.38. The predicted octanol–water partition coefficient (Wildman–Crippen LogP) is 4.47. The zero-order valence-corrected chi connectivity index (χ0v) is 17.9. The molecule has 0 aliphatic carbocycles. The molecule has 0 radical (unpaired) electrons. The second kappa shape index (κ2) is 9.48. The molecule has 1 aliphatic rings. The van der Waals surface area contributed by atoms with Crippen LogP contribution in [0.2, 0.25) is 0 Å².